The summed E-state index contributed by atoms with van der Waals surface area (Å²) in [5.74, 6) is -0.421. The summed E-state index contributed by atoms with van der Waals surface area (Å²) >= 11 is 0. The Balaban J connectivity index is 4.30. The van der Waals surface area contributed by atoms with Gasteiger partial charge in [0.2, 0.25) is 5.91 Å². The molecule has 0 saturated carbocycles. The number of amides is 1. The number of rotatable bonds is 6. The summed E-state index contributed by atoms with van der Waals surface area (Å²) in [5.41, 5.74) is 6.49. The zero-order valence-electron chi connectivity index (χ0n) is 8.39. The molecule has 1 amide bonds. The molecule has 3 N–H and O–H groups in total. The van der Waals surface area contributed by atoms with Gasteiger partial charge in [-0.05, 0) is 18.4 Å². The van der Waals surface area contributed by atoms with Crippen LogP contribution in [0.2, 0.25) is 0 Å². The molecule has 0 aromatic carbocycles. The lowest BCUT2D eigenvalue weighted by Gasteiger charge is -2.06. The number of hydrogen-bond acceptors (Lipinski definition) is 2. The Morgan fingerprint density at radius 2 is 2.23 bits per heavy atom. The Hall–Kier alpha value is -1.25. The van der Waals surface area contributed by atoms with Crippen LogP contribution in [0.3, 0.4) is 0 Å². The molecule has 0 spiro atoms. The molecule has 0 aliphatic heterocycles. The highest BCUT2D eigenvalue weighted by atomic mass is 16.1. The van der Waals surface area contributed by atoms with Gasteiger partial charge >= 0.3 is 0 Å². The summed E-state index contributed by atoms with van der Waals surface area (Å²) in [6.45, 7) is 5.92. The monoisotopic (exact) mass is 182 g/mol. The molecule has 0 unspecified atom stereocenters. The van der Waals surface area contributed by atoms with E-state index in [9.17, 15) is 4.79 Å². The first kappa shape index (κ1) is 11.8. The predicted octanol–water partition coefficient (Wildman–Crippen LogP) is 1.32. The van der Waals surface area contributed by atoms with Crippen molar-refractivity contribution >= 4 is 5.91 Å². The molecular formula is C10H18N2O. The van der Waals surface area contributed by atoms with Crippen LogP contribution in [0.5, 0.6) is 0 Å². The molecule has 0 heterocycles. The van der Waals surface area contributed by atoms with E-state index >= 15 is 0 Å². The molecule has 0 radical (unpaired) electrons. The first-order valence-electron chi connectivity index (χ1n) is 4.48. The smallest absolute Gasteiger partial charge is 0.250 e. The van der Waals surface area contributed by atoms with Gasteiger partial charge in [-0.3, -0.25) is 4.79 Å². The molecule has 0 rings (SSSR count). The van der Waals surface area contributed by atoms with E-state index in [1.54, 1.807) is 13.2 Å². The van der Waals surface area contributed by atoms with Crippen molar-refractivity contribution in [1.29, 1.82) is 0 Å². The van der Waals surface area contributed by atoms with Gasteiger partial charge < -0.3 is 11.1 Å². The molecule has 3 nitrogen and oxygen atoms in total. The fourth-order valence-corrected chi connectivity index (χ4v) is 1.02. The molecule has 0 saturated heterocycles. The van der Waals surface area contributed by atoms with Crippen LogP contribution in [0.25, 0.3) is 0 Å². The van der Waals surface area contributed by atoms with Crippen molar-refractivity contribution in [2.24, 2.45) is 5.73 Å². The van der Waals surface area contributed by atoms with Crippen molar-refractivity contribution < 1.29 is 4.79 Å². The number of hydrogen-bond donors (Lipinski definition) is 2. The highest BCUT2D eigenvalue weighted by Crippen LogP contribution is 2.13. The van der Waals surface area contributed by atoms with E-state index in [0.717, 1.165) is 24.8 Å². The summed E-state index contributed by atoms with van der Waals surface area (Å²) in [7, 11) is 1.73. The number of nitrogens with two attached hydrogens (primary N) is 1. The molecule has 0 fully saturated rings. The summed E-state index contributed by atoms with van der Waals surface area (Å²) in [4.78, 5) is 10.9. The normalized spacial score (nSPS) is 11.1. The van der Waals surface area contributed by atoms with Crippen LogP contribution in [0.15, 0.2) is 23.9 Å². The second-order valence-electron chi connectivity index (χ2n) is 2.92. The highest BCUT2D eigenvalue weighted by Gasteiger charge is 2.07. The Morgan fingerprint density at radius 1 is 1.62 bits per heavy atom. The van der Waals surface area contributed by atoms with Crippen LogP contribution in [-0.2, 0) is 4.79 Å². The van der Waals surface area contributed by atoms with Crippen LogP contribution in [-0.4, -0.2) is 13.0 Å². The van der Waals surface area contributed by atoms with Crippen LogP contribution in [0, 0.1) is 0 Å². The Labute approximate surface area is 79.7 Å². The van der Waals surface area contributed by atoms with Gasteiger partial charge in [0.1, 0.15) is 0 Å². The Kier molecular flexibility index (Phi) is 5.68. The van der Waals surface area contributed by atoms with Crippen molar-refractivity contribution in [2.75, 3.05) is 7.05 Å². The molecule has 0 aromatic heterocycles. The van der Waals surface area contributed by atoms with Crippen molar-refractivity contribution in [3.8, 4) is 0 Å². The summed E-state index contributed by atoms with van der Waals surface area (Å²) < 4.78 is 0. The van der Waals surface area contributed by atoms with Crippen LogP contribution in [0.4, 0.5) is 0 Å². The fraction of sp³-hybridized carbons (Fsp3) is 0.500. The largest absolute Gasteiger partial charge is 0.393 e. The Morgan fingerprint density at radius 3 is 2.62 bits per heavy atom. The second kappa shape index (κ2) is 6.29. The zero-order chi connectivity index (χ0) is 10.3. The average Bonchev–Trinajstić information content (AvgIpc) is 2.09. The average molecular weight is 182 g/mol. The van der Waals surface area contributed by atoms with Crippen molar-refractivity contribution in [3.05, 3.63) is 23.9 Å². The summed E-state index contributed by atoms with van der Waals surface area (Å²) in [6.07, 6.45) is 4.55. The molecule has 0 bridgehead atoms. The van der Waals surface area contributed by atoms with Crippen LogP contribution in [0.1, 0.15) is 26.2 Å². The quantitative estimate of drug-likeness (QED) is 0.481. The highest BCUT2D eigenvalue weighted by molar-refractivity contribution is 5.96. The van der Waals surface area contributed by atoms with E-state index in [2.05, 4.69) is 18.8 Å². The van der Waals surface area contributed by atoms with Crippen molar-refractivity contribution in [1.82, 2.24) is 5.32 Å². The maximum Gasteiger partial charge on any atom is 0.250 e. The number of nitrogens with one attached hydrogen (secondary N) is 1. The standard InChI is InChI=1S/C10H18N2O/c1-4-5-6-8(2)9(7-12-3)10(11)13/h7,12H,2,4-6H2,1,3H3,(H2,11,13)/b9-7+. The van der Waals surface area contributed by atoms with Crippen molar-refractivity contribution in [2.45, 2.75) is 26.2 Å². The number of primary amides is 1. The predicted molar refractivity (Wildman–Crippen MR) is 55.0 cm³/mol. The van der Waals surface area contributed by atoms with Crippen molar-refractivity contribution in [3.63, 3.8) is 0 Å². The van der Waals surface area contributed by atoms with Gasteiger partial charge in [0.15, 0.2) is 0 Å². The zero-order valence-corrected chi connectivity index (χ0v) is 8.39. The SMILES string of the molecule is C=C(CCCC)/C(=C\NC)C(N)=O. The van der Waals surface area contributed by atoms with Crippen LogP contribution < -0.4 is 11.1 Å². The van der Waals surface area contributed by atoms with Gasteiger partial charge in [-0.1, -0.05) is 19.9 Å². The number of carbonyl (C=O) groups is 1. The number of unbranched alkanes of at least 4 members (excludes halogenated alkanes) is 1. The van der Waals surface area contributed by atoms with E-state index in [-0.39, 0.29) is 0 Å². The molecule has 0 atom stereocenters. The minimum Gasteiger partial charge on any atom is -0.393 e. The first-order valence-corrected chi connectivity index (χ1v) is 4.48. The van der Waals surface area contributed by atoms with E-state index in [1.165, 1.54) is 0 Å². The number of carbonyl (C=O) groups excluding carboxylic acids is 1. The maximum atomic E-state index is 10.9. The van der Waals surface area contributed by atoms with Gasteiger partial charge in [-0.15, -0.1) is 0 Å². The lowest BCUT2D eigenvalue weighted by molar-refractivity contribution is -0.114. The van der Waals surface area contributed by atoms with E-state index in [4.69, 9.17) is 5.73 Å². The fourth-order valence-electron chi connectivity index (χ4n) is 1.02. The lowest BCUT2D eigenvalue weighted by Crippen LogP contribution is -2.17. The molecule has 0 aliphatic carbocycles. The van der Waals surface area contributed by atoms with Gasteiger partial charge in [0, 0.05) is 13.2 Å². The van der Waals surface area contributed by atoms with E-state index in [0.29, 0.717) is 5.57 Å². The summed E-state index contributed by atoms with van der Waals surface area (Å²) in [6, 6.07) is 0. The van der Waals surface area contributed by atoms with Gasteiger partial charge in [0.05, 0.1) is 5.57 Å². The third kappa shape index (κ3) is 4.35. The minimum atomic E-state index is -0.421. The Bertz CT molecular complexity index is 219. The first-order chi connectivity index (χ1) is 6.13. The molecule has 3 heteroatoms. The molecule has 74 valence electrons. The third-order valence-corrected chi connectivity index (χ3v) is 1.77. The molecule has 13 heavy (non-hydrogen) atoms. The second-order valence-corrected chi connectivity index (χ2v) is 2.92. The minimum absolute atomic E-state index is 0.421. The third-order valence-electron chi connectivity index (χ3n) is 1.77. The summed E-state index contributed by atoms with van der Waals surface area (Å²) in [5, 5.41) is 2.78. The topological polar surface area (TPSA) is 55.1 Å². The van der Waals surface area contributed by atoms with Gasteiger partial charge in [-0.2, -0.15) is 0 Å². The molecule has 0 aromatic rings. The van der Waals surface area contributed by atoms with Gasteiger partial charge in [-0.25, -0.2) is 0 Å². The van der Waals surface area contributed by atoms with Gasteiger partial charge in [0.25, 0.3) is 0 Å². The van der Waals surface area contributed by atoms with E-state index in [1.807, 2.05) is 0 Å². The molecular weight excluding hydrogens is 164 g/mol. The molecule has 0 aliphatic rings. The maximum absolute atomic E-state index is 10.9. The van der Waals surface area contributed by atoms with E-state index < -0.39 is 5.91 Å². The van der Waals surface area contributed by atoms with Crippen LogP contribution >= 0.6 is 0 Å². The lowest BCUT2D eigenvalue weighted by atomic mass is 10.0.